The van der Waals surface area contributed by atoms with Crippen LogP contribution in [0.1, 0.15) is 47.3 Å². The fourth-order valence-electron chi connectivity index (χ4n) is 4.52. The average Bonchev–Trinajstić information content (AvgIpc) is 2.81. The maximum absolute atomic E-state index is 12.9. The van der Waals surface area contributed by atoms with Crippen LogP contribution < -0.4 is 10.2 Å². The molecule has 1 amide bonds. The Kier molecular flexibility index (Phi) is 7.25. The van der Waals surface area contributed by atoms with Gasteiger partial charge >= 0.3 is 0 Å². The number of nitrogens with one attached hydrogen (secondary N) is 1. The van der Waals surface area contributed by atoms with Crippen LogP contribution in [0.5, 0.6) is 0 Å². The predicted octanol–water partition coefficient (Wildman–Crippen LogP) is 4.03. The van der Waals surface area contributed by atoms with Crippen molar-refractivity contribution in [2.24, 2.45) is 5.92 Å². The fraction of sp³-hybridized carbons (Fsp3) is 0.500. The number of hydrogen-bond donors (Lipinski definition) is 1. The lowest BCUT2D eigenvalue weighted by atomic mass is 9.98. The van der Waals surface area contributed by atoms with Crippen LogP contribution >= 0.6 is 0 Å². The number of ether oxygens (including phenoxy) is 1. The van der Waals surface area contributed by atoms with E-state index in [1.165, 1.54) is 29.7 Å². The first-order valence-corrected chi connectivity index (χ1v) is 11.6. The van der Waals surface area contributed by atoms with E-state index in [4.69, 9.17) is 4.74 Å². The highest BCUT2D eigenvalue weighted by Gasteiger charge is 2.23. The topological polar surface area (TPSA) is 44.8 Å². The molecule has 2 aliphatic heterocycles. The second kappa shape index (κ2) is 10.3. The molecule has 1 N–H and O–H groups in total. The predicted molar refractivity (Wildman–Crippen MR) is 126 cm³/mol. The van der Waals surface area contributed by atoms with E-state index in [1.807, 2.05) is 12.1 Å². The van der Waals surface area contributed by atoms with Crippen molar-refractivity contribution in [1.29, 1.82) is 0 Å². The highest BCUT2D eigenvalue weighted by atomic mass is 16.5. The van der Waals surface area contributed by atoms with Crippen molar-refractivity contribution in [2.45, 2.75) is 32.7 Å². The van der Waals surface area contributed by atoms with Crippen LogP contribution in [0.4, 0.5) is 5.69 Å². The Bertz CT molecular complexity index is 836. The molecule has 0 aromatic heterocycles. The van der Waals surface area contributed by atoms with E-state index >= 15 is 0 Å². The van der Waals surface area contributed by atoms with Crippen molar-refractivity contribution in [2.75, 3.05) is 50.8 Å². The lowest BCUT2D eigenvalue weighted by Gasteiger charge is -2.35. The zero-order valence-corrected chi connectivity index (χ0v) is 18.8. The van der Waals surface area contributed by atoms with E-state index in [0.29, 0.717) is 6.54 Å². The number of carbonyl (C=O) groups is 1. The van der Waals surface area contributed by atoms with Crippen molar-refractivity contribution in [3.05, 3.63) is 65.2 Å². The molecule has 1 atom stereocenters. The molecule has 5 nitrogen and oxygen atoms in total. The number of morpholine rings is 1. The Labute approximate surface area is 186 Å². The highest BCUT2D eigenvalue weighted by molar-refractivity contribution is 5.94. The van der Waals surface area contributed by atoms with Gasteiger partial charge in [-0.05, 0) is 55.5 Å². The summed E-state index contributed by atoms with van der Waals surface area (Å²) in [5, 5.41) is 3.18. The summed E-state index contributed by atoms with van der Waals surface area (Å²) in [6, 6.07) is 16.9. The van der Waals surface area contributed by atoms with Gasteiger partial charge in [-0.3, -0.25) is 9.69 Å². The first-order valence-electron chi connectivity index (χ1n) is 11.6. The zero-order chi connectivity index (χ0) is 21.6. The van der Waals surface area contributed by atoms with Gasteiger partial charge in [-0.15, -0.1) is 0 Å². The molecule has 2 aromatic carbocycles. The molecule has 2 heterocycles. The number of aryl methyl sites for hydroxylation is 1. The summed E-state index contributed by atoms with van der Waals surface area (Å²) in [7, 11) is 0. The lowest BCUT2D eigenvalue weighted by Crippen LogP contribution is -2.43. The molecule has 31 heavy (non-hydrogen) atoms. The third-order valence-electron chi connectivity index (χ3n) is 6.68. The lowest BCUT2D eigenvalue weighted by molar-refractivity contribution is 0.0162. The largest absolute Gasteiger partial charge is 0.379 e. The van der Waals surface area contributed by atoms with Crippen LogP contribution in [0, 0.1) is 12.8 Å². The normalized spacial score (nSPS) is 19.2. The van der Waals surface area contributed by atoms with Gasteiger partial charge in [0.2, 0.25) is 0 Å². The SMILES string of the molecule is Cc1ccc([C@H](CNC(=O)c2ccc(N3CCC(C)CC3)cc2)N2CCOCC2)cc1. The molecule has 166 valence electrons. The number of anilines is 1. The molecule has 0 saturated carbocycles. The first-order chi connectivity index (χ1) is 15.1. The quantitative estimate of drug-likeness (QED) is 0.765. The number of amides is 1. The van der Waals surface area contributed by atoms with E-state index in [1.54, 1.807) is 0 Å². The van der Waals surface area contributed by atoms with Gasteiger partial charge in [0.25, 0.3) is 5.91 Å². The van der Waals surface area contributed by atoms with Crippen molar-refractivity contribution < 1.29 is 9.53 Å². The second-order valence-corrected chi connectivity index (χ2v) is 9.00. The summed E-state index contributed by atoms with van der Waals surface area (Å²) < 4.78 is 5.53. The van der Waals surface area contributed by atoms with Gasteiger partial charge in [0.05, 0.1) is 19.3 Å². The second-order valence-electron chi connectivity index (χ2n) is 9.00. The molecule has 2 aliphatic rings. The zero-order valence-electron chi connectivity index (χ0n) is 18.8. The average molecular weight is 422 g/mol. The van der Waals surface area contributed by atoms with Gasteiger partial charge in [0.1, 0.15) is 0 Å². The summed E-state index contributed by atoms with van der Waals surface area (Å²) in [6.45, 7) is 10.5. The molecular formula is C26H35N3O2. The van der Waals surface area contributed by atoms with Crippen molar-refractivity contribution >= 4 is 11.6 Å². The summed E-state index contributed by atoms with van der Waals surface area (Å²) in [6.07, 6.45) is 2.48. The number of piperidine rings is 1. The van der Waals surface area contributed by atoms with Crippen LogP contribution in [0.3, 0.4) is 0 Å². The monoisotopic (exact) mass is 421 g/mol. The van der Waals surface area contributed by atoms with Crippen LogP contribution in [0.15, 0.2) is 48.5 Å². The van der Waals surface area contributed by atoms with Gasteiger partial charge in [-0.2, -0.15) is 0 Å². The minimum Gasteiger partial charge on any atom is -0.379 e. The maximum atomic E-state index is 12.9. The molecule has 0 bridgehead atoms. The molecule has 2 fully saturated rings. The minimum atomic E-state index is -0.0100. The molecule has 0 radical (unpaired) electrons. The highest BCUT2D eigenvalue weighted by Crippen LogP contribution is 2.24. The van der Waals surface area contributed by atoms with E-state index in [-0.39, 0.29) is 11.9 Å². The number of carbonyl (C=O) groups excluding carboxylic acids is 1. The summed E-state index contributed by atoms with van der Waals surface area (Å²) in [4.78, 5) is 17.7. The van der Waals surface area contributed by atoms with Crippen LogP contribution in [-0.2, 0) is 4.74 Å². The number of hydrogen-bond acceptors (Lipinski definition) is 4. The Balaban J connectivity index is 1.39. The summed E-state index contributed by atoms with van der Waals surface area (Å²) in [5.41, 5.74) is 4.42. The van der Waals surface area contributed by atoms with E-state index < -0.39 is 0 Å². The van der Waals surface area contributed by atoms with Gasteiger partial charge in [-0.25, -0.2) is 0 Å². The number of benzene rings is 2. The van der Waals surface area contributed by atoms with Crippen LogP contribution in [-0.4, -0.2) is 56.7 Å². The van der Waals surface area contributed by atoms with Gasteiger partial charge in [0.15, 0.2) is 0 Å². The Morgan fingerprint density at radius 1 is 1.00 bits per heavy atom. The smallest absolute Gasteiger partial charge is 0.251 e. The summed E-state index contributed by atoms with van der Waals surface area (Å²) >= 11 is 0. The Morgan fingerprint density at radius 3 is 2.29 bits per heavy atom. The van der Waals surface area contributed by atoms with Crippen LogP contribution in [0.2, 0.25) is 0 Å². The van der Waals surface area contributed by atoms with Crippen molar-refractivity contribution in [3.63, 3.8) is 0 Å². The number of nitrogens with zero attached hydrogens (tertiary/aromatic N) is 2. The maximum Gasteiger partial charge on any atom is 0.251 e. The van der Waals surface area contributed by atoms with Gasteiger partial charge in [0, 0.05) is 44.0 Å². The molecule has 0 unspecified atom stereocenters. The standard InChI is InChI=1S/C26H35N3O2/c1-20-3-5-22(6-4-20)25(29-15-17-31-18-16-29)19-27-26(30)23-7-9-24(10-8-23)28-13-11-21(2)12-14-28/h3-10,21,25H,11-19H2,1-2H3,(H,27,30)/t25-/m0/s1. The molecule has 2 saturated heterocycles. The molecule has 2 aromatic rings. The minimum absolute atomic E-state index is 0.0100. The Morgan fingerprint density at radius 2 is 1.65 bits per heavy atom. The first kappa shape index (κ1) is 21.8. The molecule has 0 spiro atoms. The van der Waals surface area contributed by atoms with Crippen molar-refractivity contribution in [3.8, 4) is 0 Å². The molecule has 0 aliphatic carbocycles. The van der Waals surface area contributed by atoms with Crippen LogP contribution in [0.25, 0.3) is 0 Å². The fourth-order valence-corrected chi connectivity index (χ4v) is 4.52. The Hall–Kier alpha value is -2.37. The third-order valence-corrected chi connectivity index (χ3v) is 6.68. The number of rotatable bonds is 6. The van der Waals surface area contributed by atoms with E-state index in [0.717, 1.165) is 50.9 Å². The summed E-state index contributed by atoms with van der Waals surface area (Å²) in [5.74, 6) is 0.804. The van der Waals surface area contributed by atoms with Gasteiger partial charge in [-0.1, -0.05) is 36.8 Å². The van der Waals surface area contributed by atoms with E-state index in [2.05, 4.69) is 65.4 Å². The third kappa shape index (κ3) is 5.66. The molecule has 5 heteroatoms. The van der Waals surface area contributed by atoms with E-state index in [9.17, 15) is 4.79 Å². The molecule has 4 rings (SSSR count). The van der Waals surface area contributed by atoms with Gasteiger partial charge < -0.3 is 15.0 Å². The molecular weight excluding hydrogens is 386 g/mol. The van der Waals surface area contributed by atoms with Crippen molar-refractivity contribution in [1.82, 2.24) is 10.2 Å².